The second-order valence-electron chi connectivity index (χ2n) is 6.71. The van der Waals surface area contributed by atoms with E-state index in [1.54, 1.807) is 12.1 Å². The molecule has 0 spiro atoms. The van der Waals surface area contributed by atoms with Crippen LogP contribution in [0.5, 0.6) is 5.75 Å². The van der Waals surface area contributed by atoms with Crippen molar-refractivity contribution >= 4 is 34.8 Å². The first-order valence-corrected chi connectivity index (χ1v) is 9.81. The molecule has 0 aromatic heterocycles. The summed E-state index contributed by atoms with van der Waals surface area (Å²) in [5, 5.41) is 15.7. The number of amides is 2. The first-order chi connectivity index (χ1) is 16.3. The van der Waals surface area contributed by atoms with Gasteiger partial charge in [0.05, 0.1) is 10.6 Å². The second-order valence-corrected chi connectivity index (χ2v) is 6.71. The van der Waals surface area contributed by atoms with Gasteiger partial charge in [-0.25, -0.2) is 9.18 Å². The zero-order chi connectivity index (χ0) is 24.5. The Morgan fingerprint density at radius 2 is 1.41 bits per heavy atom. The summed E-state index contributed by atoms with van der Waals surface area (Å²) < 4.78 is 24.0. The average Bonchev–Trinajstić information content (AvgIpc) is 2.83. The molecule has 0 aliphatic heterocycles. The lowest BCUT2D eigenvalue weighted by Gasteiger charge is -2.12. The van der Waals surface area contributed by atoms with Gasteiger partial charge in [0.2, 0.25) is 0 Å². The number of carbonyl (C=O) groups is 3. The largest absolute Gasteiger partial charge is 0.483 e. The number of halogens is 1. The van der Waals surface area contributed by atoms with Crippen LogP contribution < -0.4 is 15.4 Å². The van der Waals surface area contributed by atoms with E-state index in [0.717, 1.165) is 0 Å². The van der Waals surface area contributed by atoms with Crippen LogP contribution in [0.2, 0.25) is 0 Å². The SMILES string of the molecule is O=C(COc1ccccc1C(=O)OCC(=O)Nc1ccccc1[N+](=O)[O-])Nc1ccccc1F. The van der Waals surface area contributed by atoms with Gasteiger partial charge in [0.1, 0.15) is 22.8 Å². The van der Waals surface area contributed by atoms with Gasteiger partial charge >= 0.3 is 5.97 Å². The lowest BCUT2D eigenvalue weighted by atomic mass is 10.2. The molecule has 0 aliphatic rings. The summed E-state index contributed by atoms with van der Waals surface area (Å²) in [5.41, 5.74) is -0.430. The normalized spacial score (nSPS) is 10.1. The van der Waals surface area contributed by atoms with Crippen molar-refractivity contribution in [1.82, 2.24) is 0 Å². The summed E-state index contributed by atoms with van der Waals surface area (Å²) >= 11 is 0. The number of anilines is 2. The van der Waals surface area contributed by atoms with Crippen LogP contribution in [0.3, 0.4) is 0 Å². The third kappa shape index (κ3) is 6.36. The van der Waals surface area contributed by atoms with Crippen molar-refractivity contribution in [2.75, 3.05) is 23.8 Å². The number of ether oxygens (including phenoxy) is 2. The predicted molar refractivity (Wildman–Crippen MR) is 119 cm³/mol. The zero-order valence-electron chi connectivity index (χ0n) is 17.5. The fraction of sp³-hybridized carbons (Fsp3) is 0.0870. The molecule has 174 valence electrons. The molecule has 2 N–H and O–H groups in total. The number of nitro benzene ring substituents is 1. The Kier molecular flexibility index (Phi) is 7.84. The van der Waals surface area contributed by atoms with Crippen LogP contribution in [0.15, 0.2) is 72.8 Å². The molecule has 0 aliphatic carbocycles. The van der Waals surface area contributed by atoms with Crippen LogP contribution in [0.4, 0.5) is 21.5 Å². The number of hydrogen-bond donors (Lipinski definition) is 2. The third-order valence-corrected chi connectivity index (χ3v) is 4.32. The summed E-state index contributed by atoms with van der Waals surface area (Å²) in [6.45, 7) is -1.23. The van der Waals surface area contributed by atoms with Gasteiger partial charge in [-0.2, -0.15) is 0 Å². The number of esters is 1. The van der Waals surface area contributed by atoms with Gasteiger partial charge in [-0.1, -0.05) is 36.4 Å². The monoisotopic (exact) mass is 467 g/mol. The maximum atomic E-state index is 13.6. The van der Waals surface area contributed by atoms with Crippen LogP contribution in [-0.4, -0.2) is 35.9 Å². The van der Waals surface area contributed by atoms with E-state index in [1.807, 2.05) is 0 Å². The molecule has 3 aromatic carbocycles. The number of benzene rings is 3. The van der Waals surface area contributed by atoms with Gasteiger partial charge in [0, 0.05) is 6.07 Å². The highest BCUT2D eigenvalue weighted by Crippen LogP contribution is 2.23. The molecular weight excluding hydrogens is 449 g/mol. The number of nitro groups is 1. The summed E-state index contributed by atoms with van der Waals surface area (Å²) in [6, 6.07) is 17.0. The lowest BCUT2D eigenvalue weighted by molar-refractivity contribution is -0.383. The van der Waals surface area contributed by atoms with Crippen LogP contribution >= 0.6 is 0 Å². The minimum atomic E-state index is -0.914. The minimum Gasteiger partial charge on any atom is -0.483 e. The molecule has 10 nitrogen and oxygen atoms in total. The summed E-state index contributed by atoms with van der Waals surface area (Å²) in [6.07, 6.45) is 0. The number of nitrogens with one attached hydrogen (secondary N) is 2. The fourth-order valence-corrected chi connectivity index (χ4v) is 2.79. The van der Waals surface area contributed by atoms with Crippen molar-refractivity contribution in [3.63, 3.8) is 0 Å². The van der Waals surface area contributed by atoms with Crippen LogP contribution in [0, 0.1) is 15.9 Å². The molecule has 0 atom stereocenters. The molecule has 34 heavy (non-hydrogen) atoms. The molecule has 0 fully saturated rings. The molecule has 0 heterocycles. The van der Waals surface area contributed by atoms with E-state index in [4.69, 9.17) is 9.47 Å². The molecule has 0 bridgehead atoms. The predicted octanol–water partition coefficient (Wildman–Crippen LogP) is 3.55. The first-order valence-electron chi connectivity index (χ1n) is 9.81. The van der Waals surface area contributed by atoms with Crippen molar-refractivity contribution in [1.29, 1.82) is 0 Å². The highest BCUT2D eigenvalue weighted by molar-refractivity contribution is 5.98. The average molecular weight is 467 g/mol. The van der Waals surface area contributed by atoms with Crippen molar-refractivity contribution < 1.29 is 33.2 Å². The van der Waals surface area contributed by atoms with E-state index in [0.29, 0.717) is 0 Å². The van der Waals surface area contributed by atoms with Gasteiger partial charge in [0.15, 0.2) is 13.2 Å². The number of carbonyl (C=O) groups excluding carboxylic acids is 3. The quantitative estimate of drug-likeness (QED) is 0.279. The van der Waals surface area contributed by atoms with Gasteiger partial charge in [-0.15, -0.1) is 0 Å². The maximum absolute atomic E-state index is 13.6. The van der Waals surface area contributed by atoms with Crippen molar-refractivity contribution in [2.24, 2.45) is 0 Å². The van der Waals surface area contributed by atoms with Crippen LogP contribution in [0.25, 0.3) is 0 Å². The molecule has 11 heteroatoms. The fourth-order valence-electron chi connectivity index (χ4n) is 2.79. The van der Waals surface area contributed by atoms with E-state index in [-0.39, 0.29) is 28.4 Å². The number of nitrogens with zero attached hydrogens (tertiary/aromatic N) is 1. The first kappa shape index (κ1) is 23.9. The van der Waals surface area contributed by atoms with E-state index >= 15 is 0 Å². The van der Waals surface area contributed by atoms with Gasteiger partial charge in [-0.05, 0) is 30.3 Å². The van der Waals surface area contributed by atoms with Gasteiger partial charge < -0.3 is 20.1 Å². The Balaban J connectivity index is 1.57. The molecule has 3 aromatic rings. The Labute approximate surface area is 192 Å². The summed E-state index contributed by atoms with van der Waals surface area (Å²) in [5.74, 6) is -2.96. The molecule has 0 saturated heterocycles. The molecule has 0 radical (unpaired) electrons. The highest BCUT2D eigenvalue weighted by Gasteiger charge is 2.19. The Morgan fingerprint density at radius 1 is 0.824 bits per heavy atom. The summed E-state index contributed by atoms with van der Waals surface area (Å²) in [7, 11) is 0. The molecular formula is C23H18FN3O7. The molecule has 0 saturated carbocycles. The lowest BCUT2D eigenvalue weighted by Crippen LogP contribution is -2.23. The zero-order valence-corrected chi connectivity index (χ0v) is 17.5. The van der Waals surface area contributed by atoms with Gasteiger partial charge in [-0.3, -0.25) is 19.7 Å². The van der Waals surface area contributed by atoms with E-state index < -0.39 is 41.7 Å². The number of rotatable bonds is 9. The number of para-hydroxylation sites is 4. The standard InChI is InChI=1S/C23H18FN3O7/c24-16-8-2-3-9-17(16)25-21(28)13-33-20-12-6-1-7-15(20)23(30)34-14-22(29)26-18-10-4-5-11-19(18)27(31)32/h1-12H,13-14H2,(H,25,28)(H,26,29). The van der Waals surface area contributed by atoms with Crippen molar-refractivity contribution in [3.8, 4) is 5.75 Å². The molecule has 0 unspecified atom stereocenters. The smallest absolute Gasteiger partial charge is 0.342 e. The van der Waals surface area contributed by atoms with Crippen molar-refractivity contribution in [2.45, 2.75) is 0 Å². The summed E-state index contributed by atoms with van der Waals surface area (Å²) in [4.78, 5) is 47.0. The Morgan fingerprint density at radius 3 is 2.15 bits per heavy atom. The van der Waals surface area contributed by atoms with Gasteiger partial charge in [0.25, 0.3) is 17.5 Å². The van der Waals surface area contributed by atoms with Crippen LogP contribution in [-0.2, 0) is 14.3 Å². The minimum absolute atomic E-state index is 0.00953. The van der Waals surface area contributed by atoms with E-state index in [9.17, 15) is 28.9 Å². The topological polar surface area (TPSA) is 137 Å². The molecule has 3 rings (SSSR count). The number of hydrogen-bond acceptors (Lipinski definition) is 7. The highest BCUT2D eigenvalue weighted by atomic mass is 19.1. The second kappa shape index (κ2) is 11.2. The van der Waals surface area contributed by atoms with E-state index in [2.05, 4.69) is 10.6 Å². The third-order valence-electron chi connectivity index (χ3n) is 4.32. The Bertz CT molecular complexity index is 1230. The maximum Gasteiger partial charge on any atom is 0.342 e. The Hall–Kier alpha value is -4.80. The van der Waals surface area contributed by atoms with Crippen molar-refractivity contribution in [3.05, 3.63) is 94.3 Å². The van der Waals surface area contributed by atoms with Crippen LogP contribution in [0.1, 0.15) is 10.4 Å². The molecule has 2 amide bonds. The van der Waals surface area contributed by atoms with E-state index in [1.165, 1.54) is 60.7 Å².